The van der Waals surface area contributed by atoms with Crippen LogP contribution in [-0.2, 0) is 4.79 Å². The van der Waals surface area contributed by atoms with Gasteiger partial charge in [0.05, 0.1) is 31.0 Å². The Balaban J connectivity index is 3.01. The highest BCUT2D eigenvalue weighted by Crippen LogP contribution is 2.36. The molecule has 1 aromatic rings. The maximum absolute atomic E-state index is 12.0. The summed E-state index contributed by atoms with van der Waals surface area (Å²) in [6.45, 7) is 1.92. The SMILES string of the molecule is CCCC(C#N)C(=O)Nc1cc(OC)c(Cl)cc1OC. The van der Waals surface area contributed by atoms with Gasteiger partial charge in [-0.2, -0.15) is 5.26 Å². The molecular formula is C14H17ClN2O3. The molecule has 1 N–H and O–H groups in total. The molecule has 6 heteroatoms. The first-order chi connectivity index (χ1) is 9.57. The number of carbonyl (C=O) groups is 1. The Bertz CT molecular complexity index is 526. The molecule has 0 aromatic heterocycles. The summed E-state index contributed by atoms with van der Waals surface area (Å²) < 4.78 is 10.3. The van der Waals surface area contributed by atoms with Crippen LogP contribution < -0.4 is 14.8 Å². The molecule has 0 saturated heterocycles. The molecule has 0 radical (unpaired) electrons. The van der Waals surface area contributed by atoms with Crippen molar-refractivity contribution in [2.45, 2.75) is 19.8 Å². The predicted molar refractivity (Wildman–Crippen MR) is 77.2 cm³/mol. The molecule has 0 aliphatic rings. The van der Waals surface area contributed by atoms with E-state index in [1.54, 1.807) is 12.1 Å². The molecule has 0 bridgehead atoms. The van der Waals surface area contributed by atoms with Crippen LogP contribution in [0.3, 0.4) is 0 Å². The summed E-state index contributed by atoms with van der Waals surface area (Å²) in [6, 6.07) is 5.11. The van der Waals surface area contributed by atoms with Crippen molar-refractivity contribution < 1.29 is 14.3 Å². The molecule has 0 aliphatic heterocycles. The zero-order valence-corrected chi connectivity index (χ0v) is 12.5. The summed E-state index contributed by atoms with van der Waals surface area (Å²) in [4.78, 5) is 12.0. The minimum Gasteiger partial charge on any atom is -0.495 e. The average molecular weight is 297 g/mol. The van der Waals surface area contributed by atoms with Crippen molar-refractivity contribution in [3.05, 3.63) is 17.2 Å². The van der Waals surface area contributed by atoms with Crippen LogP contribution in [0.25, 0.3) is 0 Å². The van der Waals surface area contributed by atoms with Gasteiger partial charge in [-0.1, -0.05) is 24.9 Å². The van der Waals surface area contributed by atoms with E-state index >= 15 is 0 Å². The summed E-state index contributed by atoms with van der Waals surface area (Å²) in [7, 11) is 2.95. The maximum Gasteiger partial charge on any atom is 0.241 e. The van der Waals surface area contributed by atoms with Gasteiger partial charge in [0.1, 0.15) is 17.4 Å². The summed E-state index contributed by atoms with van der Waals surface area (Å²) >= 11 is 5.99. The molecule has 0 heterocycles. The number of methoxy groups -OCH3 is 2. The van der Waals surface area contributed by atoms with E-state index in [0.717, 1.165) is 6.42 Å². The summed E-state index contributed by atoms with van der Waals surface area (Å²) in [5.74, 6) is -0.215. The van der Waals surface area contributed by atoms with Gasteiger partial charge in [0.2, 0.25) is 5.91 Å². The smallest absolute Gasteiger partial charge is 0.241 e. The first-order valence-electron chi connectivity index (χ1n) is 6.19. The Morgan fingerprint density at radius 3 is 2.55 bits per heavy atom. The van der Waals surface area contributed by atoms with Gasteiger partial charge in [-0.15, -0.1) is 0 Å². The van der Waals surface area contributed by atoms with Crippen LogP contribution in [0.1, 0.15) is 19.8 Å². The van der Waals surface area contributed by atoms with Gasteiger partial charge < -0.3 is 14.8 Å². The highest BCUT2D eigenvalue weighted by Gasteiger charge is 2.19. The molecule has 1 amide bonds. The number of rotatable bonds is 6. The third-order valence-electron chi connectivity index (χ3n) is 2.78. The topological polar surface area (TPSA) is 71.4 Å². The third kappa shape index (κ3) is 3.78. The van der Waals surface area contributed by atoms with Crippen molar-refractivity contribution in [3.63, 3.8) is 0 Å². The van der Waals surface area contributed by atoms with E-state index in [-0.39, 0.29) is 5.91 Å². The molecule has 0 aliphatic carbocycles. The molecule has 1 aromatic carbocycles. The van der Waals surface area contributed by atoms with E-state index < -0.39 is 5.92 Å². The number of hydrogen-bond acceptors (Lipinski definition) is 4. The molecule has 108 valence electrons. The van der Waals surface area contributed by atoms with Crippen molar-refractivity contribution in [1.82, 2.24) is 0 Å². The zero-order chi connectivity index (χ0) is 15.1. The van der Waals surface area contributed by atoms with E-state index in [1.165, 1.54) is 14.2 Å². The molecule has 0 spiro atoms. The second-order valence-electron chi connectivity index (χ2n) is 4.15. The molecule has 0 fully saturated rings. The fourth-order valence-corrected chi connectivity index (χ4v) is 1.95. The second-order valence-corrected chi connectivity index (χ2v) is 4.55. The number of amides is 1. The van der Waals surface area contributed by atoms with Gasteiger partial charge in [0.25, 0.3) is 0 Å². The number of nitriles is 1. The minimum atomic E-state index is -0.689. The number of anilines is 1. The fourth-order valence-electron chi connectivity index (χ4n) is 1.72. The van der Waals surface area contributed by atoms with Gasteiger partial charge in [0, 0.05) is 12.1 Å². The Morgan fingerprint density at radius 2 is 2.05 bits per heavy atom. The fraction of sp³-hybridized carbons (Fsp3) is 0.429. The highest BCUT2D eigenvalue weighted by molar-refractivity contribution is 6.32. The Kier molecular flexibility index (Phi) is 6.13. The van der Waals surface area contributed by atoms with Crippen LogP contribution in [0.15, 0.2) is 12.1 Å². The van der Waals surface area contributed by atoms with Gasteiger partial charge >= 0.3 is 0 Å². The lowest BCUT2D eigenvalue weighted by Crippen LogP contribution is -2.21. The Hall–Kier alpha value is -1.93. The van der Waals surface area contributed by atoms with Crippen molar-refractivity contribution in [2.75, 3.05) is 19.5 Å². The summed E-state index contributed by atoms with van der Waals surface area (Å²) in [6.07, 6.45) is 1.27. The number of carbonyl (C=O) groups excluding carboxylic acids is 1. The quantitative estimate of drug-likeness (QED) is 0.875. The van der Waals surface area contributed by atoms with Gasteiger partial charge in [-0.05, 0) is 6.42 Å². The lowest BCUT2D eigenvalue weighted by molar-refractivity contribution is -0.118. The number of benzene rings is 1. The zero-order valence-electron chi connectivity index (χ0n) is 11.7. The molecule has 5 nitrogen and oxygen atoms in total. The van der Waals surface area contributed by atoms with E-state index in [0.29, 0.717) is 28.6 Å². The van der Waals surface area contributed by atoms with Crippen molar-refractivity contribution in [1.29, 1.82) is 5.26 Å². The third-order valence-corrected chi connectivity index (χ3v) is 3.08. The van der Waals surface area contributed by atoms with Crippen molar-refractivity contribution in [2.24, 2.45) is 5.92 Å². The second kappa shape index (κ2) is 7.61. The van der Waals surface area contributed by atoms with Crippen molar-refractivity contribution >= 4 is 23.2 Å². The lowest BCUT2D eigenvalue weighted by Gasteiger charge is -2.14. The molecule has 20 heavy (non-hydrogen) atoms. The number of hydrogen-bond donors (Lipinski definition) is 1. The molecule has 0 saturated carbocycles. The molecule has 1 unspecified atom stereocenters. The van der Waals surface area contributed by atoms with Gasteiger partial charge in [-0.3, -0.25) is 4.79 Å². The number of halogens is 1. The predicted octanol–water partition coefficient (Wildman–Crippen LogP) is 3.24. The molecule has 1 rings (SSSR count). The van der Waals surface area contributed by atoms with Crippen LogP contribution in [0.4, 0.5) is 5.69 Å². The lowest BCUT2D eigenvalue weighted by atomic mass is 10.0. The van der Waals surface area contributed by atoms with Crippen LogP contribution in [0.5, 0.6) is 11.5 Å². The van der Waals surface area contributed by atoms with E-state index in [4.69, 9.17) is 26.3 Å². The standard InChI is InChI=1S/C14H17ClN2O3/c1-4-5-9(8-16)14(18)17-11-7-12(19-2)10(15)6-13(11)20-3/h6-7,9H,4-5H2,1-3H3,(H,17,18). The maximum atomic E-state index is 12.0. The Morgan fingerprint density at radius 1 is 1.40 bits per heavy atom. The van der Waals surface area contributed by atoms with Gasteiger partial charge in [0.15, 0.2) is 0 Å². The van der Waals surface area contributed by atoms with Crippen molar-refractivity contribution in [3.8, 4) is 17.6 Å². The number of nitrogens with zero attached hydrogens (tertiary/aromatic N) is 1. The first kappa shape index (κ1) is 16.1. The number of ether oxygens (including phenoxy) is 2. The Labute approximate surface area is 123 Å². The monoisotopic (exact) mass is 296 g/mol. The summed E-state index contributed by atoms with van der Waals surface area (Å²) in [5.41, 5.74) is 0.426. The van der Waals surface area contributed by atoms with Gasteiger partial charge in [-0.25, -0.2) is 0 Å². The summed E-state index contributed by atoms with van der Waals surface area (Å²) in [5, 5.41) is 12.0. The first-order valence-corrected chi connectivity index (χ1v) is 6.57. The average Bonchev–Trinajstić information content (AvgIpc) is 2.45. The van der Waals surface area contributed by atoms with Crippen LogP contribution >= 0.6 is 11.6 Å². The minimum absolute atomic E-state index is 0.364. The molecule has 1 atom stereocenters. The van der Waals surface area contributed by atoms with Crippen LogP contribution in [0, 0.1) is 17.2 Å². The normalized spacial score (nSPS) is 11.3. The van der Waals surface area contributed by atoms with E-state index in [9.17, 15) is 4.79 Å². The van der Waals surface area contributed by atoms with E-state index in [2.05, 4.69) is 5.32 Å². The molecular weight excluding hydrogens is 280 g/mol. The largest absolute Gasteiger partial charge is 0.495 e. The van der Waals surface area contributed by atoms with E-state index in [1.807, 2.05) is 13.0 Å². The van der Waals surface area contributed by atoms with Crippen LogP contribution in [-0.4, -0.2) is 20.1 Å². The highest BCUT2D eigenvalue weighted by atomic mass is 35.5. The number of nitrogens with one attached hydrogen (secondary N) is 1. The van der Waals surface area contributed by atoms with Crippen LogP contribution in [0.2, 0.25) is 5.02 Å².